The van der Waals surface area contributed by atoms with Gasteiger partial charge in [-0.05, 0) is 70.1 Å². The van der Waals surface area contributed by atoms with Gasteiger partial charge in [-0.2, -0.15) is 0 Å². The van der Waals surface area contributed by atoms with Gasteiger partial charge in [0.25, 0.3) is 0 Å². The molecule has 1 heterocycles. The topological polar surface area (TPSA) is 15.3 Å². The van der Waals surface area contributed by atoms with Crippen LogP contribution >= 0.6 is 15.9 Å². The summed E-state index contributed by atoms with van der Waals surface area (Å²) < 4.78 is 13.9. The zero-order valence-corrected chi connectivity index (χ0v) is 13.2. The molecule has 1 aromatic rings. The first kappa shape index (κ1) is 14.9. The standard InChI is InChI=1S/C15H22BrFN2/c1-11(14-4-3-13(17)9-15(14)16)18-10-12-5-7-19(2)8-6-12/h3-4,9,11-12,18H,5-8,10H2,1-2H3. The fourth-order valence-corrected chi connectivity index (χ4v) is 3.27. The van der Waals surface area contributed by atoms with Crippen LogP contribution in [0, 0.1) is 11.7 Å². The van der Waals surface area contributed by atoms with Crippen LogP contribution in [0.15, 0.2) is 22.7 Å². The minimum atomic E-state index is -0.196. The molecule has 1 aliphatic heterocycles. The number of likely N-dealkylation sites (tertiary alicyclic amines) is 1. The molecular formula is C15H22BrFN2. The third kappa shape index (κ3) is 4.26. The molecule has 0 saturated carbocycles. The summed E-state index contributed by atoms with van der Waals surface area (Å²) in [5.41, 5.74) is 1.12. The van der Waals surface area contributed by atoms with Crippen LogP contribution in [0.1, 0.15) is 31.4 Å². The van der Waals surface area contributed by atoms with Gasteiger partial charge in [0.1, 0.15) is 5.82 Å². The highest BCUT2D eigenvalue weighted by molar-refractivity contribution is 9.10. The van der Waals surface area contributed by atoms with Crippen molar-refractivity contribution in [3.63, 3.8) is 0 Å². The van der Waals surface area contributed by atoms with Crippen molar-refractivity contribution in [1.82, 2.24) is 10.2 Å². The minimum Gasteiger partial charge on any atom is -0.310 e. The molecule has 0 aromatic heterocycles. The molecule has 1 saturated heterocycles. The minimum absolute atomic E-state index is 0.196. The van der Waals surface area contributed by atoms with Gasteiger partial charge >= 0.3 is 0 Å². The largest absolute Gasteiger partial charge is 0.310 e. The van der Waals surface area contributed by atoms with Crippen LogP contribution < -0.4 is 5.32 Å². The summed E-state index contributed by atoms with van der Waals surface area (Å²) in [5.74, 6) is 0.566. The van der Waals surface area contributed by atoms with Crippen molar-refractivity contribution in [2.24, 2.45) is 5.92 Å². The van der Waals surface area contributed by atoms with Crippen LogP contribution in [0.2, 0.25) is 0 Å². The highest BCUT2D eigenvalue weighted by Crippen LogP contribution is 2.25. The summed E-state index contributed by atoms with van der Waals surface area (Å²) in [5, 5.41) is 3.57. The Bertz CT molecular complexity index is 417. The van der Waals surface area contributed by atoms with Crippen LogP contribution in [-0.2, 0) is 0 Å². The lowest BCUT2D eigenvalue weighted by atomic mass is 9.96. The third-order valence-electron chi connectivity index (χ3n) is 3.98. The number of halogens is 2. The molecule has 2 nitrogen and oxygen atoms in total. The van der Waals surface area contributed by atoms with Gasteiger partial charge in [0.05, 0.1) is 0 Å². The monoisotopic (exact) mass is 328 g/mol. The number of hydrogen-bond acceptors (Lipinski definition) is 2. The summed E-state index contributed by atoms with van der Waals surface area (Å²) >= 11 is 3.43. The molecular weight excluding hydrogens is 307 g/mol. The number of hydrogen-bond donors (Lipinski definition) is 1. The Morgan fingerprint density at radius 3 is 2.74 bits per heavy atom. The van der Waals surface area contributed by atoms with Gasteiger partial charge in [0, 0.05) is 10.5 Å². The smallest absolute Gasteiger partial charge is 0.124 e. The molecule has 19 heavy (non-hydrogen) atoms. The van der Waals surface area contributed by atoms with Crippen molar-refractivity contribution in [3.8, 4) is 0 Å². The van der Waals surface area contributed by atoms with Crippen molar-refractivity contribution >= 4 is 15.9 Å². The third-order valence-corrected chi connectivity index (χ3v) is 4.67. The molecule has 0 bridgehead atoms. The van der Waals surface area contributed by atoms with Gasteiger partial charge in [0.2, 0.25) is 0 Å². The number of nitrogens with zero attached hydrogens (tertiary/aromatic N) is 1. The van der Waals surface area contributed by atoms with E-state index in [9.17, 15) is 4.39 Å². The molecule has 0 radical (unpaired) electrons. The van der Waals surface area contributed by atoms with E-state index < -0.39 is 0 Å². The summed E-state index contributed by atoms with van der Waals surface area (Å²) in [6, 6.07) is 5.15. The van der Waals surface area contributed by atoms with Gasteiger partial charge in [-0.15, -0.1) is 0 Å². The van der Waals surface area contributed by atoms with Crippen molar-refractivity contribution < 1.29 is 4.39 Å². The Balaban J connectivity index is 1.85. The summed E-state index contributed by atoms with van der Waals surface area (Å²) in [6.45, 7) is 5.56. The first-order valence-corrected chi connectivity index (χ1v) is 7.72. The van der Waals surface area contributed by atoms with Gasteiger partial charge < -0.3 is 10.2 Å². The summed E-state index contributed by atoms with van der Waals surface area (Å²) in [7, 11) is 2.18. The lowest BCUT2D eigenvalue weighted by molar-refractivity contribution is 0.213. The van der Waals surface area contributed by atoms with Gasteiger partial charge in [-0.3, -0.25) is 0 Å². The van der Waals surface area contributed by atoms with Crippen LogP contribution in [0.4, 0.5) is 4.39 Å². The molecule has 0 aliphatic carbocycles. The average molecular weight is 329 g/mol. The maximum atomic E-state index is 13.1. The van der Waals surface area contributed by atoms with Crippen molar-refractivity contribution in [1.29, 1.82) is 0 Å². The van der Waals surface area contributed by atoms with Crippen molar-refractivity contribution in [2.45, 2.75) is 25.8 Å². The molecule has 1 aliphatic rings. The van der Waals surface area contributed by atoms with Crippen LogP contribution in [-0.4, -0.2) is 31.6 Å². The zero-order chi connectivity index (χ0) is 13.8. The second-order valence-corrected chi connectivity index (χ2v) is 6.40. The predicted octanol–water partition coefficient (Wildman–Crippen LogP) is 3.58. The van der Waals surface area contributed by atoms with Crippen LogP contribution in [0.5, 0.6) is 0 Å². The maximum absolute atomic E-state index is 13.1. The van der Waals surface area contributed by atoms with Crippen molar-refractivity contribution in [3.05, 3.63) is 34.1 Å². The van der Waals surface area contributed by atoms with Crippen LogP contribution in [0.25, 0.3) is 0 Å². The quantitative estimate of drug-likeness (QED) is 0.908. The van der Waals surface area contributed by atoms with E-state index in [2.05, 4.69) is 40.1 Å². The SMILES string of the molecule is CC(NCC1CCN(C)CC1)c1ccc(F)cc1Br. The Morgan fingerprint density at radius 2 is 2.11 bits per heavy atom. The first-order chi connectivity index (χ1) is 9.06. The van der Waals surface area contributed by atoms with E-state index in [4.69, 9.17) is 0 Å². The summed E-state index contributed by atoms with van der Waals surface area (Å²) in [4.78, 5) is 2.39. The van der Waals surface area contributed by atoms with E-state index in [0.717, 1.165) is 22.5 Å². The van der Waals surface area contributed by atoms with Gasteiger partial charge in [-0.1, -0.05) is 22.0 Å². The zero-order valence-electron chi connectivity index (χ0n) is 11.6. The molecule has 1 aromatic carbocycles. The fraction of sp³-hybridized carbons (Fsp3) is 0.600. The Kier molecular flexibility index (Phi) is 5.37. The van der Waals surface area contributed by atoms with E-state index in [1.807, 2.05) is 6.07 Å². The predicted molar refractivity (Wildman–Crippen MR) is 80.7 cm³/mol. The molecule has 0 spiro atoms. The second-order valence-electron chi connectivity index (χ2n) is 5.54. The number of piperidine rings is 1. The van der Waals surface area contributed by atoms with E-state index in [1.54, 1.807) is 0 Å². The molecule has 1 fully saturated rings. The number of benzene rings is 1. The Hall–Kier alpha value is -0.450. The fourth-order valence-electron chi connectivity index (χ4n) is 2.57. The van der Waals surface area contributed by atoms with E-state index >= 15 is 0 Å². The highest BCUT2D eigenvalue weighted by Gasteiger charge is 2.18. The molecule has 1 N–H and O–H groups in total. The average Bonchev–Trinajstić information content (AvgIpc) is 2.37. The normalized spacial score (nSPS) is 19.6. The molecule has 1 unspecified atom stereocenters. The molecule has 4 heteroatoms. The van der Waals surface area contributed by atoms with Crippen LogP contribution in [0.3, 0.4) is 0 Å². The lowest BCUT2D eigenvalue weighted by Gasteiger charge is -2.30. The first-order valence-electron chi connectivity index (χ1n) is 6.93. The number of rotatable bonds is 4. The van der Waals surface area contributed by atoms with Gasteiger partial charge in [0.15, 0.2) is 0 Å². The Labute approximate surface area is 123 Å². The highest BCUT2D eigenvalue weighted by atomic mass is 79.9. The van der Waals surface area contributed by atoms with E-state index in [1.165, 1.54) is 38.1 Å². The summed E-state index contributed by atoms with van der Waals surface area (Å²) in [6.07, 6.45) is 2.53. The second kappa shape index (κ2) is 6.82. The molecule has 106 valence electrons. The lowest BCUT2D eigenvalue weighted by Crippen LogP contribution is -2.35. The van der Waals surface area contributed by atoms with Gasteiger partial charge in [-0.25, -0.2) is 4.39 Å². The van der Waals surface area contributed by atoms with Crippen molar-refractivity contribution in [2.75, 3.05) is 26.7 Å². The Morgan fingerprint density at radius 1 is 1.42 bits per heavy atom. The maximum Gasteiger partial charge on any atom is 0.124 e. The molecule has 2 rings (SSSR count). The van der Waals surface area contributed by atoms with E-state index in [0.29, 0.717) is 0 Å². The molecule has 0 amide bonds. The van der Waals surface area contributed by atoms with E-state index in [-0.39, 0.29) is 11.9 Å². The molecule has 1 atom stereocenters. The number of nitrogens with one attached hydrogen (secondary N) is 1.